The summed E-state index contributed by atoms with van der Waals surface area (Å²) < 4.78 is 5.30. The summed E-state index contributed by atoms with van der Waals surface area (Å²) >= 11 is 0. The van der Waals surface area contributed by atoms with Crippen LogP contribution in [0.3, 0.4) is 0 Å². The van der Waals surface area contributed by atoms with Crippen LogP contribution in [0.2, 0.25) is 0 Å². The number of hydrogen-bond acceptors (Lipinski definition) is 5. The Balaban J connectivity index is 1.88. The minimum Gasteiger partial charge on any atom is -0.496 e. The Bertz CT molecular complexity index is 678. The molecule has 0 saturated carbocycles. The summed E-state index contributed by atoms with van der Waals surface area (Å²) in [6, 6.07) is 7.76. The average Bonchev–Trinajstić information content (AvgIpc) is 2.54. The lowest BCUT2D eigenvalue weighted by atomic mass is 10.1. The van der Waals surface area contributed by atoms with Crippen LogP contribution in [0.4, 0.5) is 5.82 Å². The molecule has 24 heavy (non-hydrogen) atoms. The summed E-state index contributed by atoms with van der Waals surface area (Å²) in [4.78, 5) is 20.5. The van der Waals surface area contributed by atoms with E-state index in [-0.39, 0.29) is 11.4 Å². The van der Waals surface area contributed by atoms with Gasteiger partial charge in [0.15, 0.2) is 0 Å². The molecule has 128 valence electrons. The van der Waals surface area contributed by atoms with Crippen LogP contribution < -0.4 is 15.4 Å². The highest BCUT2D eigenvalue weighted by Gasteiger charge is 2.12. The van der Waals surface area contributed by atoms with Crippen LogP contribution in [0.15, 0.2) is 36.7 Å². The summed E-state index contributed by atoms with van der Waals surface area (Å²) in [6.07, 6.45) is 3.74. The third-order valence-corrected chi connectivity index (χ3v) is 3.26. The average molecular weight is 328 g/mol. The van der Waals surface area contributed by atoms with Crippen LogP contribution in [-0.2, 0) is 6.42 Å². The van der Waals surface area contributed by atoms with Crippen molar-refractivity contribution in [1.82, 2.24) is 15.3 Å². The topological polar surface area (TPSA) is 76.1 Å². The van der Waals surface area contributed by atoms with Gasteiger partial charge in [0.25, 0.3) is 5.91 Å². The molecular formula is C18H24N4O2. The molecule has 1 heterocycles. The molecule has 0 aliphatic carbocycles. The van der Waals surface area contributed by atoms with E-state index in [1.165, 1.54) is 6.20 Å². The van der Waals surface area contributed by atoms with E-state index in [0.29, 0.717) is 24.5 Å². The monoisotopic (exact) mass is 328 g/mol. The summed E-state index contributed by atoms with van der Waals surface area (Å²) in [5.41, 5.74) is 1.25. The summed E-state index contributed by atoms with van der Waals surface area (Å²) in [5.74, 6) is 1.23. The van der Waals surface area contributed by atoms with Crippen molar-refractivity contribution in [2.24, 2.45) is 0 Å². The number of ether oxygens (including phenoxy) is 1. The molecule has 6 heteroatoms. The highest BCUT2D eigenvalue weighted by molar-refractivity contribution is 5.92. The van der Waals surface area contributed by atoms with Gasteiger partial charge in [-0.3, -0.25) is 4.79 Å². The number of hydrogen-bond donors (Lipinski definition) is 2. The van der Waals surface area contributed by atoms with Gasteiger partial charge in [-0.25, -0.2) is 9.97 Å². The van der Waals surface area contributed by atoms with Crippen LogP contribution in [0.1, 0.15) is 36.8 Å². The predicted molar refractivity (Wildman–Crippen MR) is 94.4 cm³/mol. The number of nitrogens with zero attached hydrogens (tertiary/aromatic N) is 2. The second-order valence-corrected chi connectivity index (χ2v) is 6.48. The predicted octanol–water partition coefficient (Wildman–Crippen LogP) is 2.67. The van der Waals surface area contributed by atoms with Crippen LogP contribution in [-0.4, -0.2) is 35.1 Å². The van der Waals surface area contributed by atoms with E-state index < -0.39 is 0 Å². The lowest BCUT2D eigenvalue weighted by Gasteiger charge is -2.20. The molecule has 6 nitrogen and oxygen atoms in total. The molecule has 0 spiro atoms. The number of amides is 1. The molecule has 1 amide bonds. The molecule has 2 rings (SSSR count). The molecule has 1 aromatic carbocycles. The standard InChI is InChI=1S/C18H24N4O2/c1-18(2,3)22-16-12-20-14(11-21-16)17(23)19-10-9-13-7-5-6-8-15(13)24-4/h5-8,11-12H,9-10H2,1-4H3,(H,19,23)(H,21,22). The van der Waals surface area contributed by atoms with E-state index in [9.17, 15) is 4.79 Å². The van der Waals surface area contributed by atoms with Gasteiger partial charge < -0.3 is 15.4 Å². The number of benzene rings is 1. The van der Waals surface area contributed by atoms with Crippen LogP contribution in [0.25, 0.3) is 0 Å². The molecule has 0 saturated heterocycles. The lowest BCUT2D eigenvalue weighted by Crippen LogP contribution is -2.28. The number of rotatable bonds is 6. The SMILES string of the molecule is COc1ccccc1CCNC(=O)c1cnc(NC(C)(C)C)cn1. The molecule has 0 aliphatic rings. The summed E-state index contributed by atoms with van der Waals surface area (Å²) in [7, 11) is 1.64. The van der Waals surface area contributed by atoms with E-state index in [0.717, 1.165) is 11.3 Å². The van der Waals surface area contributed by atoms with Gasteiger partial charge in [0, 0.05) is 12.1 Å². The van der Waals surface area contributed by atoms with Crippen LogP contribution in [0.5, 0.6) is 5.75 Å². The fraction of sp³-hybridized carbons (Fsp3) is 0.389. The molecule has 0 atom stereocenters. The highest BCUT2D eigenvalue weighted by atomic mass is 16.5. The minimum absolute atomic E-state index is 0.104. The number of carbonyl (C=O) groups is 1. The smallest absolute Gasteiger partial charge is 0.271 e. The fourth-order valence-corrected chi connectivity index (χ4v) is 2.20. The molecule has 1 aromatic heterocycles. The van der Waals surface area contributed by atoms with E-state index in [4.69, 9.17) is 4.74 Å². The van der Waals surface area contributed by atoms with Gasteiger partial charge in [-0.05, 0) is 38.8 Å². The third-order valence-electron chi connectivity index (χ3n) is 3.26. The molecule has 0 radical (unpaired) electrons. The van der Waals surface area contributed by atoms with Crippen molar-refractivity contribution in [3.63, 3.8) is 0 Å². The van der Waals surface area contributed by atoms with Crippen molar-refractivity contribution in [2.75, 3.05) is 19.0 Å². The molecular weight excluding hydrogens is 304 g/mol. The Morgan fingerprint density at radius 2 is 1.92 bits per heavy atom. The first kappa shape index (κ1) is 17.7. The molecule has 0 fully saturated rings. The lowest BCUT2D eigenvalue weighted by molar-refractivity contribution is 0.0948. The Labute approximate surface area is 142 Å². The fourth-order valence-electron chi connectivity index (χ4n) is 2.20. The first-order chi connectivity index (χ1) is 11.4. The maximum Gasteiger partial charge on any atom is 0.271 e. The van der Waals surface area contributed by atoms with E-state index in [1.807, 2.05) is 45.0 Å². The first-order valence-electron chi connectivity index (χ1n) is 7.89. The van der Waals surface area contributed by atoms with Gasteiger partial charge in [0.2, 0.25) is 0 Å². The van der Waals surface area contributed by atoms with Crippen LogP contribution in [0, 0.1) is 0 Å². The first-order valence-corrected chi connectivity index (χ1v) is 7.89. The largest absolute Gasteiger partial charge is 0.496 e. The number of nitrogens with one attached hydrogen (secondary N) is 2. The maximum atomic E-state index is 12.1. The Hall–Kier alpha value is -2.63. The summed E-state index contributed by atoms with van der Waals surface area (Å²) in [5, 5.41) is 6.05. The zero-order valence-electron chi connectivity index (χ0n) is 14.6. The van der Waals surface area contributed by atoms with Crippen molar-refractivity contribution in [1.29, 1.82) is 0 Å². The summed E-state index contributed by atoms with van der Waals surface area (Å²) in [6.45, 7) is 6.61. The Kier molecular flexibility index (Phi) is 5.73. The third kappa shape index (κ3) is 5.22. The van der Waals surface area contributed by atoms with Crippen molar-refractivity contribution in [3.8, 4) is 5.75 Å². The molecule has 0 unspecified atom stereocenters. The minimum atomic E-state index is -0.236. The number of carbonyl (C=O) groups excluding carboxylic acids is 1. The van der Waals surface area contributed by atoms with E-state index in [2.05, 4.69) is 20.6 Å². The van der Waals surface area contributed by atoms with E-state index in [1.54, 1.807) is 13.3 Å². The molecule has 2 aromatic rings. The molecule has 0 aliphatic heterocycles. The Morgan fingerprint density at radius 3 is 2.54 bits per heavy atom. The second kappa shape index (κ2) is 7.77. The van der Waals surface area contributed by atoms with Crippen LogP contribution >= 0.6 is 0 Å². The van der Waals surface area contributed by atoms with Gasteiger partial charge in [0.05, 0.1) is 19.5 Å². The number of aromatic nitrogens is 2. The van der Waals surface area contributed by atoms with Gasteiger partial charge in [-0.2, -0.15) is 0 Å². The van der Waals surface area contributed by atoms with Gasteiger partial charge >= 0.3 is 0 Å². The maximum absolute atomic E-state index is 12.1. The zero-order chi connectivity index (χ0) is 17.6. The van der Waals surface area contributed by atoms with Crippen molar-refractivity contribution < 1.29 is 9.53 Å². The van der Waals surface area contributed by atoms with Crippen molar-refractivity contribution in [3.05, 3.63) is 47.9 Å². The van der Waals surface area contributed by atoms with Crippen molar-refractivity contribution >= 4 is 11.7 Å². The molecule has 0 bridgehead atoms. The molecule has 2 N–H and O–H groups in total. The number of anilines is 1. The highest BCUT2D eigenvalue weighted by Crippen LogP contribution is 2.17. The van der Waals surface area contributed by atoms with Gasteiger partial charge in [0.1, 0.15) is 17.3 Å². The van der Waals surface area contributed by atoms with Gasteiger partial charge in [-0.1, -0.05) is 18.2 Å². The van der Waals surface area contributed by atoms with Gasteiger partial charge in [-0.15, -0.1) is 0 Å². The quantitative estimate of drug-likeness (QED) is 0.852. The zero-order valence-corrected chi connectivity index (χ0v) is 14.6. The second-order valence-electron chi connectivity index (χ2n) is 6.48. The number of para-hydroxylation sites is 1. The van der Waals surface area contributed by atoms with E-state index >= 15 is 0 Å². The number of methoxy groups -OCH3 is 1. The Morgan fingerprint density at radius 1 is 1.17 bits per heavy atom. The van der Waals surface area contributed by atoms with Crippen molar-refractivity contribution in [2.45, 2.75) is 32.7 Å². The normalized spacial score (nSPS) is 11.0.